The molecule has 2 heteroatoms. The lowest BCUT2D eigenvalue weighted by atomic mass is 9.75. The molecule has 3 unspecified atom stereocenters. The van der Waals surface area contributed by atoms with Crippen molar-refractivity contribution in [2.45, 2.75) is 51.3 Å². The third-order valence-electron chi connectivity index (χ3n) is 5.76. The van der Waals surface area contributed by atoms with E-state index in [0.717, 1.165) is 11.3 Å². The highest BCUT2D eigenvalue weighted by Crippen LogP contribution is 2.47. The van der Waals surface area contributed by atoms with Gasteiger partial charge in [-0.15, -0.1) is 0 Å². The van der Waals surface area contributed by atoms with Gasteiger partial charge in [0.2, 0.25) is 0 Å². The Kier molecular flexibility index (Phi) is 2.75. The van der Waals surface area contributed by atoms with Gasteiger partial charge in [-0.05, 0) is 51.0 Å². The SMILES string of the molecule is [2H]C([2H])([2H])C1N2C=CC(C)(c3ccccc3)C2[C@H](C)N1c1ccccc1C. The minimum absolute atomic E-state index is 0.0525. The monoisotopic (exact) mass is 321 g/mol. The second-order valence-corrected chi connectivity index (χ2v) is 7.16. The maximum absolute atomic E-state index is 8.27. The molecule has 1 fully saturated rings. The van der Waals surface area contributed by atoms with Crippen LogP contribution in [0.2, 0.25) is 0 Å². The molecule has 2 aliphatic heterocycles. The number of rotatable bonds is 2. The molecule has 0 radical (unpaired) electrons. The van der Waals surface area contributed by atoms with Crippen LogP contribution in [0.5, 0.6) is 0 Å². The van der Waals surface area contributed by atoms with Gasteiger partial charge in [-0.2, -0.15) is 0 Å². The molecule has 0 aliphatic carbocycles. The molecular formula is C22H26N2. The first-order valence-electron chi connectivity index (χ1n) is 10.1. The van der Waals surface area contributed by atoms with Crippen LogP contribution in [0.1, 0.15) is 35.9 Å². The van der Waals surface area contributed by atoms with E-state index in [1.165, 1.54) is 5.56 Å². The lowest BCUT2D eigenvalue weighted by Gasteiger charge is -2.35. The van der Waals surface area contributed by atoms with Crippen LogP contribution >= 0.6 is 0 Å². The quantitative estimate of drug-likeness (QED) is 0.790. The second kappa shape index (κ2) is 5.41. The minimum atomic E-state index is -2.11. The molecule has 124 valence electrons. The highest BCUT2D eigenvalue weighted by atomic mass is 15.5. The van der Waals surface area contributed by atoms with Gasteiger partial charge in [-0.25, -0.2) is 0 Å². The fourth-order valence-corrected chi connectivity index (χ4v) is 4.51. The number of aryl methyl sites for hydroxylation is 1. The Morgan fingerprint density at radius 3 is 2.46 bits per heavy atom. The number of benzene rings is 2. The van der Waals surface area contributed by atoms with Gasteiger partial charge in [0.1, 0.15) is 0 Å². The number of nitrogens with zero attached hydrogens (tertiary/aromatic N) is 2. The first-order valence-corrected chi connectivity index (χ1v) is 8.61. The van der Waals surface area contributed by atoms with Crippen molar-refractivity contribution in [3.05, 3.63) is 78.0 Å². The van der Waals surface area contributed by atoms with Gasteiger partial charge in [0.15, 0.2) is 0 Å². The summed E-state index contributed by atoms with van der Waals surface area (Å²) in [6, 6.07) is 18.6. The van der Waals surface area contributed by atoms with Gasteiger partial charge in [-0.3, -0.25) is 0 Å². The molecule has 2 aromatic carbocycles. The Morgan fingerprint density at radius 2 is 1.75 bits per heavy atom. The third-order valence-corrected chi connectivity index (χ3v) is 5.76. The number of anilines is 1. The first kappa shape index (κ1) is 12.2. The van der Waals surface area contributed by atoms with Gasteiger partial charge in [0, 0.05) is 21.3 Å². The first-order chi connectivity index (χ1) is 12.7. The number of hydrogen-bond acceptors (Lipinski definition) is 2. The largest absolute Gasteiger partial charge is 0.352 e. The Labute approximate surface area is 149 Å². The minimum Gasteiger partial charge on any atom is -0.352 e. The average molecular weight is 321 g/mol. The molecule has 2 aromatic rings. The summed E-state index contributed by atoms with van der Waals surface area (Å²) in [4.78, 5) is 4.18. The van der Waals surface area contributed by atoms with Crippen LogP contribution in [0, 0.1) is 6.92 Å². The summed E-state index contributed by atoms with van der Waals surface area (Å²) in [6.45, 7) is 4.31. The highest BCUT2D eigenvalue weighted by Gasteiger charge is 2.53. The zero-order valence-electron chi connectivity index (χ0n) is 17.5. The van der Waals surface area contributed by atoms with Crippen LogP contribution < -0.4 is 4.90 Å². The fourth-order valence-electron chi connectivity index (χ4n) is 4.51. The second-order valence-electron chi connectivity index (χ2n) is 7.16. The van der Waals surface area contributed by atoms with Crippen molar-refractivity contribution < 1.29 is 4.11 Å². The molecule has 0 spiro atoms. The number of hydrogen-bond donors (Lipinski definition) is 0. The van der Waals surface area contributed by atoms with Crippen LogP contribution in [0.15, 0.2) is 66.9 Å². The predicted molar refractivity (Wildman–Crippen MR) is 101 cm³/mol. The van der Waals surface area contributed by atoms with Crippen LogP contribution in [0.4, 0.5) is 5.69 Å². The molecule has 2 aliphatic rings. The summed E-state index contributed by atoms with van der Waals surface area (Å²) in [6.07, 6.45) is 3.52. The molecule has 2 nitrogen and oxygen atoms in total. The highest BCUT2D eigenvalue weighted by molar-refractivity contribution is 5.57. The van der Waals surface area contributed by atoms with E-state index < -0.39 is 13.0 Å². The molecule has 1 saturated heterocycles. The van der Waals surface area contributed by atoms with E-state index in [1.54, 1.807) is 0 Å². The number of para-hydroxylation sites is 1. The third kappa shape index (κ3) is 2.02. The van der Waals surface area contributed by atoms with E-state index in [0.29, 0.717) is 0 Å². The van der Waals surface area contributed by atoms with Crippen molar-refractivity contribution in [1.29, 1.82) is 0 Å². The van der Waals surface area contributed by atoms with E-state index in [9.17, 15) is 0 Å². The average Bonchev–Trinajstić information content (AvgIpc) is 3.13. The van der Waals surface area contributed by atoms with E-state index in [4.69, 9.17) is 4.11 Å². The fraction of sp³-hybridized carbons (Fsp3) is 0.364. The van der Waals surface area contributed by atoms with Gasteiger partial charge in [-0.1, -0.05) is 54.6 Å². The molecule has 0 amide bonds. The maximum atomic E-state index is 8.27. The Balaban J connectivity index is 1.84. The lowest BCUT2D eigenvalue weighted by molar-refractivity contribution is 0.251. The lowest BCUT2D eigenvalue weighted by Crippen LogP contribution is -2.45. The van der Waals surface area contributed by atoms with Gasteiger partial charge < -0.3 is 9.80 Å². The summed E-state index contributed by atoms with van der Waals surface area (Å²) < 4.78 is 24.8. The molecular weight excluding hydrogens is 292 g/mol. The Hall–Kier alpha value is -2.22. The molecule has 0 N–H and O–H groups in total. The zero-order chi connectivity index (χ0) is 19.4. The van der Waals surface area contributed by atoms with Crippen molar-refractivity contribution in [1.82, 2.24) is 4.90 Å². The van der Waals surface area contributed by atoms with Crippen LogP contribution in [0.3, 0.4) is 0 Å². The smallest absolute Gasteiger partial charge is 0.0989 e. The molecule has 0 saturated carbocycles. The molecule has 24 heavy (non-hydrogen) atoms. The standard InChI is InChI=1S/C22H26N2/c1-16-10-8-9-13-20(16)24-17(2)21-22(4,14-15-23(21)18(24)3)19-11-6-5-7-12-19/h5-15,17-18,21H,1-4H3/t17-,18?,21?,22?/m0/s1/i3D3. The molecule has 2 heterocycles. The van der Waals surface area contributed by atoms with E-state index in [2.05, 4.69) is 54.0 Å². The maximum Gasteiger partial charge on any atom is 0.0989 e. The van der Waals surface area contributed by atoms with Crippen molar-refractivity contribution >= 4 is 5.69 Å². The summed E-state index contributed by atoms with van der Waals surface area (Å²) in [5.74, 6) is 0. The number of fused-ring (bicyclic) bond motifs is 1. The van der Waals surface area contributed by atoms with Crippen molar-refractivity contribution in [2.24, 2.45) is 0 Å². The summed E-state index contributed by atoms with van der Waals surface area (Å²) in [7, 11) is 0. The van der Waals surface area contributed by atoms with E-state index in [1.807, 2.05) is 43.5 Å². The molecule has 4 rings (SSSR count). The zero-order valence-corrected chi connectivity index (χ0v) is 14.5. The topological polar surface area (TPSA) is 6.48 Å². The Morgan fingerprint density at radius 1 is 1.04 bits per heavy atom. The van der Waals surface area contributed by atoms with Crippen molar-refractivity contribution in [3.8, 4) is 0 Å². The van der Waals surface area contributed by atoms with Crippen LogP contribution in [-0.2, 0) is 5.41 Å². The normalized spacial score (nSPS) is 34.0. The van der Waals surface area contributed by atoms with Crippen LogP contribution in [-0.4, -0.2) is 23.1 Å². The van der Waals surface area contributed by atoms with Gasteiger partial charge >= 0.3 is 0 Å². The van der Waals surface area contributed by atoms with Gasteiger partial charge in [0.05, 0.1) is 12.2 Å². The van der Waals surface area contributed by atoms with E-state index >= 15 is 0 Å². The van der Waals surface area contributed by atoms with Crippen molar-refractivity contribution in [3.63, 3.8) is 0 Å². The summed E-state index contributed by atoms with van der Waals surface area (Å²) in [5, 5.41) is 0. The molecule has 0 bridgehead atoms. The molecule has 4 atom stereocenters. The van der Waals surface area contributed by atoms with Crippen molar-refractivity contribution in [2.75, 3.05) is 4.90 Å². The predicted octanol–water partition coefficient (Wildman–Crippen LogP) is 4.71. The van der Waals surface area contributed by atoms with Crippen LogP contribution in [0.25, 0.3) is 0 Å². The molecule has 0 aromatic heterocycles. The summed E-state index contributed by atoms with van der Waals surface area (Å²) >= 11 is 0. The van der Waals surface area contributed by atoms with E-state index in [-0.39, 0.29) is 17.5 Å². The van der Waals surface area contributed by atoms with Gasteiger partial charge in [0.25, 0.3) is 0 Å². The summed E-state index contributed by atoms with van der Waals surface area (Å²) in [5.41, 5.74) is 3.09. The Bertz CT molecular complexity index is 861.